The van der Waals surface area contributed by atoms with Gasteiger partial charge in [-0.3, -0.25) is 4.98 Å². The van der Waals surface area contributed by atoms with E-state index in [2.05, 4.69) is 66.4 Å². The Morgan fingerprint density at radius 2 is 1.46 bits per heavy atom. The lowest BCUT2D eigenvalue weighted by Crippen LogP contribution is -2.13. The zero-order valence-electron chi connectivity index (χ0n) is 19.0. The number of aromatic nitrogens is 3. The lowest BCUT2D eigenvalue weighted by atomic mass is 9.87. The van der Waals surface area contributed by atoms with Crippen molar-refractivity contribution in [3.05, 3.63) is 51.9 Å². The van der Waals surface area contributed by atoms with Gasteiger partial charge in [-0.25, -0.2) is 9.97 Å². The zero-order valence-corrected chi connectivity index (χ0v) is 19.0. The molecule has 0 saturated heterocycles. The minimum atomic E-state index is 0.335. The fourth-order valence-corrected chi connectivity index (χ4v) is 4.58. The van der Waals surface area contributed by atoms with Gasteiger partial charge in [0.25, 0.3) is 0 Å². The Kier molecular flexibility index (Phi) is 6.21. The van der Waals surface area contributed by atoms with Crippen molar-refractivity contribution in [2.45, 2.75) is 104 Å². The Morgan fingerprint density at radius 1 is 0.857 bits per heavy atom. The van der Waals surface area contributed by atoms with Gasteiger partial charge in [0.1, 0.15) is 6.33 Å². The monoisotopic (exact) mass is 379 g/mol. The highest BCUT2D eigenvalue weighted by Crippen LogP contribution is 2.43. The first-order valence-electron chi connectivity index (χ1n) is 11.1. The van der Waals surface area contributed by atoms with Gasteiger partial charge in [0.05, 0.1) is 11.4 Å². The van der Waals surface area contributed by atoms with Crippen LogP contribution in [-0.2, 0) is 6.42 Å². The minimum absolute atomic E-state index is 0.335. The predicted octanol–water partition coefficient (Wildman–Crippen LogP) is 6.77. The molecular formula is C25H37N3. The maximum Gasteiger partial charge on any atom is 0.115 e. The molecule has 1 aliphatic rings. The second-order valence-electron chi connectivity index (χ2n) is 9.63. The molecule has 2 aromatic heterocycles. The van der Waals surface area contributed by atoms with E-state index in [1.807, 2.05) is 0 Å². The molecule has 0 N–H and O–H groups in total. The third kappa shape index (κ3) is 4.29. The van der Waals surface area contributed by atoms with E-state index in [4.69, 9.17) is 9.97 Å². The van der Waals surface area contributed by atoms with Gasteiger partial charge in [-0.1, -0.05) is 48.5 Å². The van der Waals surface area contributed by atoms with E-state index in [-0.39, 0.29) is 0 Å². The summed E-state index contributed by atoms with van der Waals surface area (Å²) in [7, 11) is 0. The Bertz CT molecular complexity index is 832. The Balaban J connectivity index is 1.96. The van der Waals surface area contributed by atoms with Crippen LogP contribution in [-0.4, -0.2) is 15.0 Å². The Labute approximate surface area is 171 Å². The van der Waals surface area contributed by atoms with Crippen LogP contribution in [0.1, 0.15) is 130 Å². The number of nitrogens with zero attached hydrogens (tertiary/aromatic N) is 3. The van der Waals surface area contributed by atoms with E-state index in [0.717, 1.165) is 6.42 Å². The van der Waals surface area contributed by atoms with Gasteiger partial charge in [-0.05, 0) is 66.7 Å². The highest BCUT2D eigenvalue weighted by molar-refractivity contribution is 5.39. The maximum absolute atomic E-state index is 5.17. The van der Waals surface area contributed by atoms with Crippen molar-refractivity contribution in [1.29, 1.82) is 0 Å². The molecule has 3 heteroatoms. The number of rotatable bonds is 7. The molecule has 1 atom stereocenters. The molecule has 1 unspecified atom stereocenters. The summed E-state index contributed by atoms with van der Waals surface area (Å²) < 4.78 is 0. The van der Waals surface area contributed by atoms with Crippen LogP contribution in [0.2, 0.25) is 0 Å². The Hall–Kier alpha value is -1.77. The molecule has 1 aliphatic carbocycles. The van der Waals surface area contributed by atoms with Crippen LogP contribution in [0.25, 0.3) is 0 Å². The number of aryl methyl sites for hydroxylation is 1. The van der Waals surface area contributed by atoms with Gasteiger partial charge < -0.3 is 0 Å². The molecule has 152 valence electrons. The summed E-state index contributed by atoms with van der Waals surface area (Å²) >= 11 is 0. The fourth-order valence-electron chi connectivity index (χ4n) is 4.58. The second kappa shape index (κ2) is 8.31. The van der Waals surface area contributed by atoms with Crippen molar-refractivity contribution in [2.24, 2.45) is 0 Å². The van der Waals surface area contributed by atoms with Gasteiger partial charge in [-0.2, -0.15) is 0 Å². The van der Waals surface area contributed by atoms with Crippen molar-refractivity contribution >= 4 is 0 Å². The Morgan fingerprint density at radius 3 is 2.00 bits per heavy atom. The topological polar surface area (TPSA) is 38.7 Å². The first kappa shape index (κ1) is 21.0. The van der Waals surface area contributed by atoms with E-state index in [0.29, 0.717) is 29.6 Å². The molecule has 1 fully saturated rings. The SMILES string of the molecule is Cc1cc(CC(C)c2ncnc(C(C)C)c2C(C)C)nc(C2CC2)c1C(C)C. The molecule has 3 rings (SSSR count). The van der Waals surface area contributed by atoms with Crippen LogP contribution in [0.3, 0.4) is 0 Å². The minimum Gasteiger partial charge on any atom is -0.257 e. The summed E-state index contributed by atoms with van der Waals surface area (Å²) in [5, 5.41) is 0. The molecule has 0 amide bonds. The van der Waals surface area contributed by atoms with E-state index >= 15 is 0 Å². The van der Waals surface area contributed by atoms with Gasteiger partial charge in [-0.15, -0.1) is 0 Å². The summed E-state index contributed by atoms with van der Waals surface area (Å²) in [4.78, 5) is 14.5. The van der Waals surface area contributed by atoms with Crippen molar-refractivity contribution in [1.82, 2.24) is 15.0 Å². The van der Waals surface area contributed by atoms with Crippen molar-refractivity contribution in [3.63, 3.8) is 0 Å². The van der Waals surface area contributed by atoms with Crippen LogP contribution in [0.15, 0.2) is 12.4 Å². The summed E-state index contributed by atoms with van der Waals surface area (Å²) in [6.45, 7) is 18.1. The number of hydrogen-bond donors (Lipinski definition) is 0. The third-order valence-electron chi connectivity index (χ3n) is 5.94. The van der Waals surface area contributed by atoms with Crippen molar-refractivity contribution in [2.75, 3.05) is 0 Å². The molecule has 0 bridgehead atoms. The van der Waals surface area contributed by atoms with Crippen LogP contribution < -0.4 is 0 Å². The predicted molar refractivity (Wildman–Crippen MR) is 117 cm³/mol. The first-order valence-corrected chi connectivity index (χ1v) is 11.1. The average Bonchev–Trinajstić information content (AvgIpc) is 3.44. The first-order chi connectivity index (χ1) is 13.2. The average molecular weight is 380 g/mol. The summed E-state index contributed by atoms with van der Waals surface area (Å²) in [6, 6.07) is 2.32. The van der Waals surface area contributed by atoms with Crippen molar-refractivity contribution < 1.29 is 0 Å². The van der Waals surface area contributed by atoms with Gasteiger partial charge in [0, 0.05) is 23.2 Å². The van der Waals surface area contributed by atoms with E-state index in [1.54, 1.807) is 6.33 Å². The lowest BCUT2D eigenvalue weighted by molar-refractivity contribution is 0.655. The smallest absolute Gasteiger partial charge is 0.115 e. The summed E-state index contributed by atoms with van der Waals surface area (Å²) in [6.07, 6.45) is 5.29. The third-order valence-corrected chi connectivity index (χ3v) is 5.94. The van der Waals surface area contributed by atoms with Crippen LogP contribution in [0, 0.1) is 6.92 Å². The molecule has 28 heavy (non-hydrogen) atoms. The molecule has 3 nitrogen and oxygen atoms in total. The van der Waals surface area contributed by atoms with E-state index in [9.17, 15) is 0 Å². The van der Waals surface area contributed by atoms with E-state index < -0.39 is 0 Å². The molecule has 2 heterocycles. The van der Waals surface area contributed by atoms with Gasteiger partial charge >= 0.3 is 0 Å². The molecule has 2 aromatic rings. The molecule has 0 aliphatic heterocycles. The van der Waals surface area contributed by atoms with Crippen LogP contribution in [0.4, 0.5) is 0 Å². The zero-order chi connectivity index (χ0) is 20.6. The molecule has 1 saturated carbocycles. The highest BCUT2D eigenvalue weighted by atomic mass is 14.9. The summed E-state index contributed by atoms with van der Waals surface area (Å²) in [5.74, 6) is 2.40. The van der Waals surface area contributed by atoms with E-state index in [1.165, 1.54) is 52.3 Å². The molecule has 0 spiro atoms. The van der Waals surface area contributed by atoms with Crippen molar-refractivity contribution in [3.8, 4) is 0 Å². The number of pyridine rings is 1. The van der Waals surface area contributed by atoms with Gasteiger partial charge in [0.2, 0.25) is 0 Å². The fraction of sp³-hybridized carbons (Fsp3) is 0.640. The maximum atomic E-state index is 5.17. The van der Waals surface area contributed by atoms with Crippen LogP contribution in [0.5, 0.6) is 0 Å². The molecule has 0 radical (unpaired) electrons. The molecular weight excluding hydrogens is 342 g/mol. The van der Waals surface area contributed by atoms with Crippen LogP contribution >= 0.6 is 0 Å². The normalized spacial score (nSPS) is 15.7. The van der Waals surface area contributed by atoms with Gasteiger partial charge in [0.15, 0.2) is 0 Å². The summed E-state index contributed by atoms with van der Waals surface area (Å²) in [5.41, 5.74) is 9.21. The highest BCUT2D eigenvalue weighted by Gasteiger charge is 2.30. The second-order valence-corrected chi connectivity index (χ2v) is 9.63. The number of hydrogen-bond acceptors (Lipinski definition) is 3. The lowest BCUT2D eigenvalue weighted by Gasteiger charge is -2.22. The standard InChI is InChI=1S/C25H37N3/c1-14(2)21-17(7)11-20(28-25(21)19-9-10-19)12-18(8)24-22(15(3)4)23(16(5)6)26-13-27-24/h11,13-16,18-19H,9-10,12H2,1-8H3. The molecule has 0 aromatic carbocycles. The largest absolute Gasteiger partial charge is 0.257 e. The quantitative estimate of drug-likeness (QED) is 0.532.